The standard InChI is InChI=1S/C24H30N8O2/c1-12(2)8-27-19-10-28-18(30-19)7-16-20-15(5)29-24(25)31-22(20)32(23(16)33)11-17-14(4)21(34-6)13(3)9-26-17/h7,9-10,12,27H,8,11H2,1-6H3,(H,28,30)(H2,25,29,31)/b16-7-. The lowest BCUT2D eigenvalue weighted by atomic mass is 10.1. The summed E-state index contributed by atoms with van der Waals surface area (Å²) in [5, 5.41) is 3.30. The Labute approximate surface area is 198 Å². The Morgan fingerprint density at radius 2 is 1.97 bits per heavy atom. The maximum Gasteiger partial charge on any atom is 0.260 e. The summed E-state index contributed by atoms with van der Waals surface area (Å²) in [6, 6.07) is 0. The molecule has 0 bridgehead atoms. The fourth-order valence-corrected chi connectivity index (χ4v) is 4.05. The summed E-state index contributed by atoms with van der Waals surface area (Å²) in [6.45, 7) is 11.0. The van der Waals surface area contributed by atoms with Gasteiger partial charge in [0.1, 0.15) is 23.2 Å². The van der Waals surface area contributed by atoms with Crippen molar-refractivity contribution >= 4 is 35.1 Å². The number of imidazole rings is 1. The summed E-state index contributed by atoms with van der Waals surface area (Å²) in [5.74, 6) is 2.95. The van der Waals surface area contributed by atoms with Crippen LogP contribution in [0.15, 0.2) is 12.4 Å². The van der Waals surface area contributed by atoms with Gasteiger partial charge in [0.25, 0.3) is 5.91 Å². The fourth-order valence-electron chi connectivity index (χ4n) is 4.05. The van der Waals surface area contributed by atoms with Crippen LogP contribution >= 0.6 is 0 Å². The molecule has 1 aliphatic rings. The molecule has 3 aromatic rings. The van der Waals surface area contributed by atoms with Crippen molar-refractivity contribution in [1.29, 1.82) is 0 Å². The van der Waals surface area contributed by atoms with Gasteiger partial charge in [0.05, 0.1) is 42.4 Å². The van der Waals surface area contributed by atoms with Crippen LogP contribution in [0.25, 0.3) is 11.6 Å². The Morgan fingerprint density at radius 3 is 2.68 bits per heavy atom. The Bertz CT molecular complexity index is 1280. The first-order valence-electron chi connectivity index (χ1n) is 11.2. The van der Waals surface area contributed by atoms with Crippen molar-refractivity contribution in [2.24, 2.45) is 5.92 Å². The number of aryl methyl sites for hydroxylation is 2. The highest BCUT2D eigenvalue weighted by molar-refractivity contribution is 6.35. The van der Waals surface area contributed by atoms with Crippen LogP contribution in [0.1, 0.15) is 47.8 Å². The largest absolute Gasteiger partial charge is 0.496 e. The number of amides is 1. The van der Waals surface area contributed by atoms with Crippen molar-refractivity contribution in [3.8, 4) is 5.75 Å². The van der Waals surface area contributed by atoms with Gasteiger partial charge in [-0.15, -0.1) is 0 Å². The number of methoxy groups -OCH3 is 1. The van der Waals surface area contributed by atoms with E-state index >= 15 is 0 Å². The first-order valence-corrected chi connectivity index (χ1v) is 11.2. The van der Waals surface area contributed by atoms with Gasteiger partial charge < -0.3 is 20.8 Å². The van der Waals surface area contributed by atoms with Crippen molar-refractivity contribution in [3.05, 3.63) is 46.3 Å². The highest BCUT2D eigenvalue weighted by Gasteiger charge is 2.37. The van der Waals surface area contributed by atoms with E-state index in [9.17, 15) is 4.79 Å². The number of fused-ring (bicyclic) bond motifs is 1. The summed E-state index contributed by atoms with van der Waals surface area (Å²) in [6.07, 6.45) is 5.18. The van der Waals surface area contributed by atoms with E-state index in [1.54, 1.807) is 30.5 Å². The number of carbonyl (C=O) groups is 1. The highest BCUT2D eigenvalue weighted by atomic mass is 16.5. The van der Waals surface area contributed by atoms with E-state index in [4.69, 9.17) is 10.5 Å². The molecule has 0 aliphatic carbocycles. The van der Waals surface area contributed by atoms with Gasteiger partial charge in [-0.3, -0.25) is 14.7 Å². The Hall–Kier alpha value is -3.95. The van der Waals surface area contributed by atoms with Gasteiger partial charge >= 0.3 is 0 Å². The average Bonchev–Trinajstić information content (AvgIpc) is 3.32. The number of hydrogen-bond acceptors (Lipinski definition) is 8. The van der Waals surface area contributed by atoms with Gasteiger partial charge in [0, 0.05) is 23.9 Å². The van der Waals surface area contributed by atoms with E-state index < -0.39 is 0 Å². The highest BCUT2D eigenvalue weighted by Crippen LogP contribution is 2.39. The molecule has 0 radical (unpaired) electrons. The maximum atomic E-state index is 13.6. The number of anilines is 3. The number of nitrogens with one attached hydrogen (secondary N) is 2. The molecule has 1 aliphatic heterocycles. The molecule has 0 fully saturated rings. The molecular formula is C24H30N8O2. The number of carbonyl (C=O) groups excluding carboxylic acids is 1. The van der Waals surface area contributed by atoms with E-state index in [1.807, 2.05) is 20.8 Å². The van der Waals surface area contributed by atoms with Gasteiger partial charge in [-0.1, -0.05) is 13.8 Å². The zero-order valence-electron chi connectivity index (χ0n) is 20.4. The van der Waals surface area contributed by atoms with Crippen molar-refractivity contribution in [1.82, 2.24) is 24.9 Å². The van der Waals surface area contributed by atoms with Gasteiger partial charge in [-0.05, 0) is 32.8 Å². The normalized spacial score (nSPS) is 14.3. The van der Waals surface area contributed by atoms with Gasteiger partial charge in [-0.25, -0.2) is 9.97 Å². The number of H-pyrrole nitrogens is 1. The summed E-state index contributed by atoms with van der Waals surface area (Å²) >= 11 is 0. The average molecular weight is 463 g/mol. The zero-order valence-corrected chi connectivity index (χ0v) is 20.4. The number of pyridine rings is 1. The summed E-state index contributed by atoms with van der Waals surface area (Å²) in [5.41, 5.74) is 10.2. The third kappa shape index (κ3) is 4.30. The Morgan fingerprint density at radius 1 is 1.21 bits per heavy atom. The molecule has 0 aromatic carbocycles. The van der Waals surface area contributed by atoms with E-state index in [0.717, 1.165) is 34.9 Å². The summed E-state index contributed by atoms with van der Waals surface area (Å²) in [7, 11) is 1.63. The van der Waals surface area contributed by atoms with Crippen LogP contribution in [-0.2, 0) is 11.3 Å². The van der Waals surface area contributed by atoms with Crippen LogP contribution in [0, 0.1) is 26.7 Å². The minimum Gasteiger partial charge on any atom is -0.496 e. The van der Waals surface area contributed by atoms with E-state index in [1.165, 1.54) is 0 Å². The van der Waals surface area contributed by atoms with Crippen molar-refractivity contribution < 1.29 is 9.53 Å². The number of rotatable bonds is 7. The van der Waals surface area contributed by atoms with Crippen molar-refractivity contribution in [3.63, 3.8) is 0 Å². The Balaban J connectivity index is 1.73. The summed E-state index contributed by atoms with van der Waals surface area (Å²) in [4.78, 5) is 36.1. The number of nitrogen functional groups attached to an aromatic ring is 1. The van der Waals surface area contributed by atoms with Crippen LogP contribution < -0.4 is 20.7 Å². The maximum absolute atomic E-state index is 13.6. The monoisotopic (exact) mass is 462 g/mol. The van der Waals surface area contributed by atoms with Gasteiger partial charge in [0.15, 0.2) is 0 Å². The number of nitrogens with two attached hydrogens (primary N) is 1. The molecule has 0 atom stereocenters. The van der Waals surface area contributed by atoms with Gasteiger partial charge in [0.2, 0.25) is 5.95 Å². The molecule has 0 saturated carbocycles. The molecule has 1 amide bonds. The van der Waals surface area contributed by atoms with Crippen LogP contribution in [-0.4, -0.2) is 44.5 Å². The predicted octanol–water partition coefficient (Wildman–Crippen LogP) is 3.27. The molecule has 10 heteroatoms. The molecule has 4 heterocycles. The smallest absolute Gasteiger partial charge is 0.260 e. The molecule has 34 heavy (non-hydrogen) atoms. The number of hydrogen-bond donors (Lipinski definition) is 3. The second-order valence-electron chi connectivity index (χ2n) is 8.82. The molecule has 178 valence electrons. The van der Waals surface area contributed by atoms with Crippen LogP contribution in [0.2, 0.25) is 0 Å². The number of nitrogens with zero attached hydrogens (tertiary/aromatic N) is 5. The fraction of sp³-hybridized carbons (Fsp3) is 0.375. The number of ether oxygens (including phenoxy) is 1. The van der Waals surface area contributed by atoms with E-state index in [2.05, 4.69) is 44.1 Å². The molecule has 0 spiro atoms. The lowest BCUT2D eigenvalue weighted by Crippen LogP contribution is -2.27. The predicted molar refractivity (Wildman–Crippen MR) is 132 cm³/mol. The Kier molecular flexibility index (Phi) is 6.23. The van der Waals surface area contributed by atoms with E-state index in [-0.39, 0.29) is 18.4 Å². The minimum atomic E-state index is -0.216. The first kappa shape index (κ1) is 23.2. The lowest BCUT2D eigenvalue weighted by molar-refractivity contribution is -0.113. The SMILES string of the molecule is COc1c(C)cnc(CN2C(=O)/C(=C\c3ncc(NCC(C)C)[nH]3)c3c(C)nc(N)nc32)c1C. The second kappa shape index (κ2) is 9.12. The topological polar surface area (TPSA) is 135 Å². The summed E-state index contributed by atoms with van der Waals surface area (Å²) < 4.78 is 5.53. The number of aromatic nitrogens is 5. The van der Waals surface area contributed by atoms with Gasteiger partial charge in [-0.2, -0.15) is 4.98 Å². The lowest BCUT2D eigenvalue weighted by Gasteiger charge is -2.19. The quantitative estimate of drug-likeness (QED) is 0.455. The molecule has 0 unspecified atom stereocenters. The molecule has 4 N–H and O–H groups in total. The zero-order chi connectivity index (χ0) is 24.6. The van der Waals surface area contributed by atoms with Crippen LogP contribution in [0.5, 0.6) is 5.75 Å². The first-order chi connectivity index (χ1) is 16.2. The molecule has 4 rings (SSSR count). The molecule has 10 nitrogen and oxygen atoms in total. The third-order valence-electron chi connectivity index (χ3n) is 5.72. The van der Waals surface area contributed by atoms with Crippen molar-refractivity contribution in [2.75, 3.05) is 29.6 Å². The molecule has 0 saturated heterocycles. The second-order valence-corrected chi connectivity index (χ2v) is 8.82. The van der Waals surface area contributed by atoms with Crippen LogP contribution in [0.4, 0.5) is 17.6 Å². The third-order valence-corrected chi connectivity index (χ3v) is 5.72. The van der Waals surface area contributed by atoms with E-state index in [0.29, 0.717) is 34.4 Å². The van der Waals surface area contributed by atoms with Crippen molar-refractivity contribution in [2.45, 2.75) is 41.2 Å². The van der Waals surface area contributed by atoms with Crippen LogP contribution in [0.3, 0.4) is 0 Å². The number of aromatic amines is 1. The minimum absolute atomic E-state index is 0.111. The molecular weight excluding hydrogens is 432 g/mol. The molecule has 3 aromatic heterocycles.